The lowest BCUT2D eigenvalue weighted by Crippen LogP contribution is -2.41. The van der Waals surface area contributed by atoms with Crippen molar-refractivity contribution in [3.8, 4) is 0 Å². The molecule has 0 bridgehead atoms. The zero-order valence-corrected chi connectivity index (χ0v) is 11.7. The highest BCUT2D eigenvalue weighted by Gasteiger charge is 2.19. The van der Waals surface area contributed by atoms with Crippen LogP contribution < -0.4 is 5.32 Å². The standard InChI is InChI=1S/C15H21NO4/c1-20-11-5-8-14(17)16-13(15(18)19)10-9-12-6-3-2-4-7-12/h2-4,6-7,13H,5,8-11H2,1H3,(H,16,17)(H,18,19)/t13-/m0/s1. The van der Waals surface area contributed by atoms with Gasteiger partial charge in [-0.1, -0.05) is 30.3 Å². The Morgan fingerprint density at radius 2 is 2.00 bits per heavy atom. The van der Waals surface area contributed by atoms with Gasteiger partial charge in [0.15, 0.2) is 0 Å². The number of nitrogens with one attached hydrogen (secondary N) is 1. The number of benzene rings is 1. The minimum absolute atomic E-state index is 0.248. The highest BCUT2D eigenvalue weighted by atomic mass is 16.5. The largest absolute Gasteiger partial charge is 0.480 e. The van der Waals surface area contributed by atoms with Crippen LogP contribution in [0.5, 0.6) is 0 Å². The number of carboxylic acid groups (broad SMARTS) is 1. The number of carbonyl (C=O) groups excluding carboxylic acids is 1. The van der Waals surface area contributed by atoms with Crippen LogP contribution in [-0.2, 0) is 20.7 Å². The molecule has 1 rings (SSSR count). The fourth-order valence-corrected chi connectivity index (χ4v) is 1.86. The van der Waals surface area contributed by atoms with Crippen molar-refractivity contribution in [1.29, 1.82) is 0 Å². The third-order valence-electron chi connectivity index (χ3n) is 2.95. The molecule has 0 heterocycles. The second kappa shape index (κ2) is 9.09. The molecule has 20 heavy (non-hydrogen) atoms. The lowest BCUT2D eigenvalue weighted by Gasteiger charge is -2.14. The molecular weight excluding hydrogens is 258 g/mol. The molecule has 1 atom stereocenters. The van der Waals surface area contributed by atoms with Crippen LogP contribution in [0.15, 0.2) is 30.3 Å². The Hall–Kier alpha value is -1.88. The van der Waals surface area contributed by atoms with Gasteiger partial charge in [-0.15, -0.1) is 0 Å². The van der Waals surface area contributed by atoms with Gasteiger partial charge in [0.25, 0.3) is 0 Å². The number of rotatable bonds is 9. The van der Waals surface area contributed by atoms with E-state index >= 15 is 0 Å². The number of aliphatic carboxylic acids is 1. The van der Waals surface area contributed by atoms with Crippen molar-refractivity contribution in [3.63, 3.8) is 0 Å². The Morgan fingerprint density at radius 3 is 2.60 bits per heavy atom. The SMILES string of the molecule is COCCCC(=O)N[C@@H](CCc1ccccc1)C(=O)O. The van der Waals surface area contributed by atoms with E-state index in [0.29, 0.717) is 25.9 Å². The molecular formula is C15H21NO4. The van der Waals surface area contributed by atoms with Gasteiger partial charge in [-0.05, 0) is 24.8 Å². The van der Waals surface area contributed by atoms with Crippen LogP contribution in [0.2, 0.25) is 0 Å². The molecule has 0 saturated heterocycles. The summed E-state index contributed by atoms with van der Waals surface area (Å²) in [7, 11) is 1.57. The maximum Gasteiger partial charge on any atom is 0.326 e. The summed E-state index contributed by atoms with van der Waals surface area (Å²) in [6, 6.07) is 8.78. The van der Waals surface area contributed by atoms with Gasteiger partial charge >= 0.3 is 5.97 Å². The van der Waals surface area contributed by atoms with Crippen LogP contribution in [0.25, 0.3) is 0 Å². The fourth-order valence-electron chi connectivity index (χ4n) is 1.86. The van der Waals surface area contributed by atoms with E-state index < -0.39 is 12.0 Å². The van der Waals surface area contributed by atoms with E-state index in [2.05, 4.69) is 5.32 Å². The van der Waals surface area contributed by atoms with Crippen LogP contribution in [0.1, 0.15) is 24.8 Å². The van der Waals surface area contributed by atoms with E-state index in [-0.39, 0.29) is 12.3 Å². The smallest absolute Gasteiger partial charge is 0.326 e. The number of carbonyl (C=O) groups is 2. The van der Waals surface area contributed by atoms with Crippen molar-refractivity contribution >= 4 is 11.9 Å². The average Bonchev–Trinajstić information content (AvgIpc) is 2.44. The van der Waals surface area contributed by atoms with Crippen molar-refractivity contribution in [3.05, 3.63) is 35.9 Å². The molecule has 0 radical (unpaired) electrons. The fraction of sp³-hybridized carbons (Fsp3) is 0.467. The van der Waals surface area contributed by atoms with Gasteiger partial charge in [-0.25, -0.2) is 4.79 Å². The quantitative estimate of drug-likeness (QED) is 0.673. The third kappa shape index (κ3) is 6.33. The first-order valence-corrected chi connectivity index (χ1v) is 6.68. The number of aryl methyl sites for hydroxylation is 1. The van der Waals surface area contributed by atoms with Gasteiger partial charge in [0, 0.05) is 20.1 Å². The van der Waals surface area contributed by atoms with Crippen LogP contribution >= 0.6 is 0 Å². The first-order valence-electron chi connectivity index (χ1n) is 6.68. The second-order valence-corrected chi connectivity index (χ2v) is 4.58. The normalized spacial score (nSPS) is 11.8. The summed E-state index contributed by atoms with van der Waals surface area (Å²) in [6.45, 7) is 0.495. The van der Waals surface area contributed by atoms with Crippen LogP contribution in [-0.4, -0.2) is 36.7 Å². The molecule has 0 aliphatic rings. The van der Waals surface area contributed by atoms with Crippen molar-refractivity contribution in [2.45, 2.75) is 31.7 Å². The van der Waals surface area contributed by atoms with Gasteiger partial charge in [-0.3, -0.25) is 4.79 Å². The molecule has 0 fully saturated rings. The average molecular weight is 279 g/mol. The van der Waals surface area contributed by atoms with Gasteiger partial charge in [-0.2, -0.15) is 0 Å². The van der Waals surface area contributed by atoms with Crippen molar-refractivity contribution in [1.82, 2.24) is 5.32 Å². The summed E-state index contributed by atoms with van der Waals surface area (Å²) in [5, 5.41) is 11.7. The maximum atomic E-state index is 11.6. The molecule has 5 heteroatoms. The monoisotopic (exact) mass is 279 g/mol. The zero-order chi connectivity index (χ0) is 14.8. The number of hydrogen-bond donors (Lipinski definition) is 2. The topological polar surface area (TPSA) is 75.6 Å². The predicted molar refractivity (Wildman–Crippen MR) is 75.4 cm³/mol. The Kier molecular flexibility index (Phi) is 7.35. The van der Waals surface area contributed by atoms with Gasteiger partial charge < -0.3 is 15.2 Å². The molecule has 0 spiro atoms. The highest BCUT2D eigenvalue weighted by molar-refractivity contribution is 5.83. The van der Waals surface area contributed by atoms with Gasteiger partial charge in [0.2, 0.25) is 5.91 Å². The lowest BCUT2D eigenvalue weighted by molar-refractivity contribution is -0.142. The van der Waals surface area contributed by atoms with Gasteiger partial charge in [0.05, 0.1) is 0 Å². The third-order valence-corrected chi connectivity index (χ3v) is 2.95. The Balaban J connectivity index is 2.40. The van der Waals surface area contributed by atoms with Crippen molar-refractivity contribution in [2.24, 2.45) is 0 Å². The minimum Gasteiger partial charge on any atom is -0.480 e. The molecule has 1 aromatic rings. The summed E-state index contributed by atoms with van der Waals surface area (Å²) < 4.78 is 4.85. The number of carboxylic acids is 1. The van der Waals surface area contributed by atoms with Crippen molar-refractivity contribution in [2.75, 3.05) is 13.7 Å². The molecule has 0 aliphatic carbocycles. The minimum atomic E-state index is -0.999. The van der Waals surface area contributed by atoms with E-state index in [1.807, 2.05) is 30.3 Å². The molecule has 0 aliphatic heterocycles. The van der Waals surface area contributed by atoms with Crippen LogP contribution in [0, 0.1) is 0 Å². The van der Waals surface area contributed by atoms with E-state index in [9.17, 15) is 9.59 Å². The first kappa shape index (κ1) is 16.2. The second-order valence-electron chi connectivity index (χ2n) is 4.58. The van der Waals surface area contributed by atoms with E-state index in [0.717, 1.165) is 5.56 Å². The number of hydrogen-bond acceptors (Lipinski definition) is 3. The van der Waals surface area contributed by atoms with E-state index in [1.165, 1.54) is 0 Å². The van der Waals surface area contributed by atoms with E-state index in [1.54, 1.807) is 7.11 Å². The van der Waals surface area contributed by atoms with Gasteiger partial charge in [0.1, 0.15) is 6.04 Å². The van der Waals surface area contributed by atoms with E-state index in [4.69, 9.17) is 9.84 Å². The van der Waals surface area contributed by atoms with Crippen molar-refractivity contribution < 1.29 is 19.4 Å². The maximum absolute atomic E-state index is 11.6. The molecule has 0 unspecified atom stereocenters. The Morgan fingerprint density at radius 1 is 1.30 bits per heavy atom. The molecule has 1 amide bonds. The predicted octanol–water partition coefficient (Wildman–Crippen LogP) is 1.62. The summed E-state index contributed by atoms with van der Waals surface area (Å²) in [6.07, 6.45) is 1.88. The summed E-state index contributed by atoms with van der Waals surface area (Å²) in [5.41, 5.74) is 1.06. The molecule has 0 saturated carbocycles. The number of ether oxygens (including phenoxy) is 1. The number of amides is 1. The number of methoxy groups -OCH3 is 1. The van der Waals surface area contributed by atoms with Crippen LogP contribution in [0.4, 0.5) is 0 Å². The summed E-state index contributed by atoms with van der Waals surface area (Å²) >= 11 is 0. The lowest BCUT2D eigenvalue weighted by atomic mass is 10.1. The molecule has 5 nitrogen and oxygen atoms in total. The molecule has 1 aromatic carbocycles. The molecule has 110 valence electrons. The summed E-state index contributed by atoms with van der Waals surface area (Å²) in [4.78, 5) is 22.8. The first-order chi connectivity index (χ1) is 9.63. The highest BCUT2D eigenvalue weighted by Crippen LogP contribution is 2.06. The summed E-state index contributed by atoms with van der Waals surface area (Å²) in [5.74, 6) is -1.25. The Bertz CT molecular complexity index is 419. The molecule has 2 N–H and O–H groups in total. The van der Waals surface area contributed by atoms with Crippen LogP contribution in [0.3, 0.4) is 0 Å². The Labute approximate surface area is 118 Å². The zero-order valence-electron chi connectivity index (χ0n) is 11.7. The molecule has 0 aromatic heterocycles.